The average Bonchev–Trinajstić information content (AvgIpc) is 1.96. The van der Waals surface area contributed by atoms with Crippen LogP contribution in [0.2, 0.25) is 0 Å². The summed E-state index contributed by atoms with van der Waals surface area (Å²) in [7, 11) is 1.44. The highest BCUT2D eigenvalue weighted by atomic mass is 16.8. The molecule has 0 fully saturated rings. The minimum atomic E-state index is -0.0602. The third-order valence-corrected chi connectivity index (χ3v) is 2.17. The highest BCUT2D eigenvalue weighted by Gasteiger charge is 2.35. The van der Waals surface area contributed by atoms with E-state index < -0.39 is 0 Å². The zero-order valence-electron chi connectivity index (χ0n) is 11.3. The Morgan fingerprint density at radius 1 is 1.00 bits per heavy atom. The Kier molecular flexibility index (Phi) is 4.75. The maximum absolute atomic E-state index is 11.6. The molecular formula is C12H26NO2+. The van der Waals surface area contributed by atoms with Crippen molar-refractivity contribution in [1.82, 2.24) is 0 Å². The van der Waals surface area contributed by atoms with Crippen LogP contribution in [-0.4, -0.2) is 18.1 Å². The lowest BCUT2D eigenvalue weighted by molar-refractivity contribution is -0.822. The van der Waals surface area contributed by atoms with Gasteiger partial charge in [0, 0.05) is 12.8 Å². The molecule has 0 aliphatic heterocycles. The van der Waals surface area contributed by atoms with Gasteiger partial charge in [0.05, 0.1) is 4.91 Å². The minimum absolute atomic E-state index is 0.0602. The van der Waals surface area contributed by atoms with E-state index in [1.165, 1.54) is 7.11 Å². The van der Waals surface area contributed by atoms with Gasteiger partial charge in [-0.2, -0.15) is 0 Å². The molecule has 0 rings (SSSR count). The van der Waals surface area contributed by atoms with Gasteiger partial charge < -0.3 is 0 Å². The zero-order valence-corrected chi connectivity index (χ0v) is 11.3. The largest absolute Gasteiger partial charge is 0.258 e. The number of hydrogen-bond acceptors (Lipinski definition) is 2. The molecule has 0 atom stereocenters. The van der Waals surface area contributed by atoms with E-state index in [2.05, 4.69) is 41.5 Å². The highest BCUT2D eigenvalue weighted by Crippen LogP contribution is 2.30. The molecule has 0 aromatic heterocycles. The van der Waals surface area contributed by atoms with Gasteiger partial charge in [-0.05, 0) is 10.8 Å². The van der Waals surface area contributed by atoms with Crippen LogP contribution in [0.1, 0.15) is 54.4 Å². The predicted octanol–water partition coefficient (Wildman–Crippen LogP) is 3.57. The molecule has 15 heavy (non-hydrogen) atoms. The molecule has 0 aromatic rings. The van der Waals surface area contributed by atoms with E-state index in [4.69, 9.17) is 4.84 Å². The monoisotopic (exact) mass is 216 g/mol. The van der Waals surface area contributed by atoms with Crippen LogP contribution >= 0.6 is 0 Å². The topological polar surface area (TPSA) is 29.3 Å². The Balaban J connectivity index is 4.53. The summed E-state index contributed by atoms with van der Waals surface area (Å²) in [5.41, 5.74) is 0.300. The minimum Gasteiger partial charge on any atom is -0.235 e. The molecule has 0 radical (unpaired) electrons. The van der Waals surface area contributed by atoms with Crippen LogP contribution in [0.25, 0.3) is 0 Å². The summed E-state index contributed by atoms with van der Waals surface area (Å²) in [6, 6.07) is -0.0602. The summed E-state index contributed by atoms with van der Waals surface area (Å²) in [5, 5.41) is 0. The first-order valence-corrected chi connectivity index (χ1v) is 5.56. The second-order valence-electron chi connectivity index (χ2n) is 6.65. The molecule has 90 valence electrons. The van der Waals surface area contributed by atoms with Crippen LogP contribution in [0.15, 0.2) is 0 Å². The van der Waals surface area contributed by atoms with Crippen LogP contribution in [0, 0.1) is 15.7 Å². The van der Waals surface area contributed by atoms with Gasteiger partial charge in [0.2, 0.25) is 4.92 Å². The van der Waals surface area contributed by atoms with Crippen molar-refractivity contribution in [3.05, 3.63) is 4.91 Å². The molecule has 0 saturated heterocycles. The van der Waals surface area contributed by atoms with Gasteiger partial charge in [0.25, 0.3) is 6.04 Å². The smallest absolute Gasteiger partial charge is 0.235 e. The summed E-state index contributed by atoms with van der Waals surface area (Å²) in [6.45, 7) is 12.9. The summed E-state index contributed by atoms with van der Waals surface area (Å²) in [4.78, 5) is 17.1. The first kappa shape index (κ1) is 14.4. The summed E-state index contributed by atoms with van der Waals surface area (Å²) in [6.07, 6.45) is 1.70. The van der Waals surface area contributed by atoms with Crippen molar-refractivity contribution in [1.29, 1.82) is 0 Å². The molecule has 0 N–H and O–H groups in total. The van der Waals surface area contributed by atoms with Crippen molar-refractivity contribution in [3.63, 3.8) is 0 Å². The van der Waals surface area contributed by atoms with Crippen LogP contribution in [0.5, 0.6) is 0 Å². The number of hydrogen-bond donors (Lipinski definition) is 0. The third-order valence-electron chi connectivity index (χ3n) is 2.17. The zero-order chi connectivity index (χ0) is 12.3. The molecule has 3 heteroatoms. The van der Waals surface area contributed by atoms with Crippen molar-refractivity contribution in [2.45, 2.75) is 60.4 Å². The van der Waals surface area contributed by atoms with Crippen molar-refractivity contribution in [2.75, 3.05) is 7.11 Å². The van der Waals surface area contributed by atoms with Crippen LogP contribution in [-0.2, 0) is 4.84 Å². The summed E-state index contributed by atoms with van der Waals surface area (Å²) in [5.74, 6) is 0. The second-order valence-corrected chi connectivity index (χ2v) is 6.65. The molecule has 0 amide bonds. The van der Waals surface area contributed by atoms with E-state index in [1.807, 2.05) is 0 Å². The quantitative estimate of drug-likeness (QED) is 0.672. The van der Waals surface area contributed by atoms with E-state index in [1.54, 1.807) is 0 Å². The Morgan fingerprint density at radius 2 is 1.33 bits per heavy atom. The molecule has 0 aromatic carbocycles. The number of nitrogens with zero attached hydrogens (tertiary/aromatic N) is 1. The molecule has 0 unspecified atom stereocenters. The fraction of sp³-hybridized carbons (Fsp3) is 1.00. The summed E-state index contributed by atoms with van der Waals surface area (Å²) < 4.78 is 0. The van der Waals surface area contributed by atoms with Gasteiger partial charge in [-0.3, -0.25) is 0 Å². The van der Waals surface area contributed by atoms with Gasteiger partial charge in [-0.25, -0.2) is 4.84 Å². The Labute approximate surface area is 93.7 Å². The SMILES string of the molecule is CO[N+](=O)C(CC(C)(C)C)CC(C)(C)C. The standard InChI is InChI=1S/C12H26NO2/c1-11(2,3)8-10(13(14)15-7)9-12(4,5)6/h10H,8-9H2,1-7H3/q+1. The molecule has 0 heterocycles. The van der Waals surface area contributed by atoms with Crippen molar-refractivity contribution in [3.8, 4) is 0 Å². The first-order valence-electron chi connectivity index (χ1n) is 5.56. The Bertz CT molecular complexity index is 195. The fourth-order valence-electron chi connectivity index (χ4n) is 1.78. The third kappa shape index (κ3) is 7.34. The first-order chi connectivity index (χ1) is 6.55. The van der Waals surface area contributed by atoms with Gasteiger partial charge >= 0.3 is 0 Å². The maximum atomic E-state index is 11.6. The van der Waals surface area contributed by atoms with Gasteiger partial charge in [-0.1, -0.05) is 41.5 Å². The van der Waals surface area contributed by atoms with E-state index in [-0.39, 0.29) is 16.9 Å². The normalized spacial score (nSPS) is 13.1. The molecular weight excluding hydrogens is 190 g/mol. The second kappa shape index (κ2) is 4.95. The fourth-order valence-corrected chi connectivity index (χ4v) is 1.78. The molecule has 0 bridgehead atoms. The maximum Gasteiger partial charge on any atom is 0.258 e. The van der Waals surface area contributed by atoms with Crippen LogP contribution < -0.4 is 0 Å². The van der Waals surface area contributed by atoms with E-state index in [9.17, 15) is 4.91 Å². The van der Waals surface area contributed by atoms with Crippen molar-refractivity contribution in [2.24, 2.45) is 10.8 Å². The Hall–Kier alpha value is -0.600. The van der Waals surface area contributed by atoms with Crippen molar-refractivity contribution >= 4 is 0 Å². The van der Waals surface area contributed by atoms with E-state index >= 15 is 0 Å². The van der Waals surface area contributed by atoms with E-state index in [0.29, 0.717) is 0 Å². The van der Waals surface area contributed by atoms with Crippen LogP contribution in [0.3, 0.4) is 0 Å². The van der Waals surface area contributed by atoms with Gasteiger partial charge in [0.15, 0.2) is 7.11 Å². The molecule has 0 saturated carbocycles. The predicted molar refractivity (Wildman–Crippen MR) is 62.6 cm³/mol. The number of rotatable bonds is 4. The van der Waals surface area contributed by atoms with Crippen LogP contribution in [0.4, 0.5) is 0 Å². The van der Waals surface area contributed by atoms with Gasteiger partial charge in [0.1, 0.15) is 0 Å². The lowest BCUT2D eigenvalue weighted by Crippen LogP contribution is -2.32. The lowest BCUT2D eigenvalue weighted by atomic mass is 9.81. The molecule has 0 spiro atoms. The molecule has 0 aliphatic carbocycles. The van der Waals surface area contributed by atoms with Gasteiger partial charge in [-0.15, -0.1) is 0 Å². The molecule has 3 nitrogen and oxygen atoms in total. The highest BCUT2D eigenvalue weighted by molar-refractivity contribution is 4.73. The molecule has 0 aliphatic rings. The summed E-state index contributed by atoms with van der Waals surface area (Å²) >= 11 is 0. The average molecular weight is 216 g/mol. The lowest BCUT2D eigenvalue weighted by Gasteiger charge is -2.24. The van der Waals surface area contributed by atoms with Crippen molar-refractivity contribution < 1.29 is 9.76 Å². The van der Waals surface area contributed by atoms with E-state index in [0.717, 1.165) is 17.8 Å². The Morgan fingerprint density at radius 3 is 1.53 bits per heavy atom.